The zero-order valence-electron chi connectivity index (χ0n) is 19.6. The standard InChI is InChI=1S/C25H36ClN3O4/c1-27-10-6-20(7-11-27)24(31)29-9-3-8-25(18-29,17-23(30)28-12-14-32-15-13-28)19-33-22-5-2-4-21(26)16-22/h2,4-5,16,20H,3,6-15,17-19H2,1H3/t25-/m0/s1. The molecule has 7 nitrogen and oxygen atoms in total. The molecule has 4 rings (SSSR count). The van der Waals surface area contributed by atoms with Crippen molar-refractivity contribution in [3.63, 3.8) is 0 Å². The van der Waals surface area contributed by atoms with E-state index < -0.39 is 5.41 Å². The third kappa shape index (κ3) is 6.40. The lowest BCUT2D eigenvalue weighted by molar-refractivity contribution is -0.146. The maximum absolute atomic E-state index is 13.4. The van der Waals surface area contributed by atoms with Crippen molar-refractivity contribution in [2.45, 2.75) is 32.1 Å². The average molecular weight is 478 g/mol. The number of halogens is 1. The zero-order valence-corrected chi connectivity index (χ0v) is 20.4. The normalized spacial score (nSPS) is 25.2. The molecule has 3 saturated heterocycles. The van der Waals surface area contributed by atoms with Gasteiger partial charge in [-0.05, 0) is 64.0 Å². The highest BCUT2D eigenvalue weighted by Gasteiger charge is 2.42. The van der Waals surface area contributed by atoms with Gasteiger partial charge < -0.3 is 24.2 Å². The SMILES string of the molecule is CN1CCC(C(=O)N2CCC[C@](COc3cccc(Cl)c3)(CC(=O)N3CCOCC3)C2)CC1. The van der Waals surface area contributed by atoms with Crippen molar-refractivity contribution in [2.75, 3.05) is 66.1 Å². The smallest absolute Gasteiger partial charge is 0.225 e. The van der Waals surface area contributed by atoms with E-state index in [9.17, 15) is 9.59 Å². The fraction of sp³-hybridized carbons (Fsp3) is 0.680. The first kappa shape index (κ1) is 24.3. The molecule has 3 aliphatic heterocycles. The van der Waals surface area contributed by atoms with Gasteiger partial charge in [-0.1, -0.05) is 17.7 Å². The molecule has 3 fully saturated rings. The summed E-state index contributed by atoms with van der Waals surface area (Å²) < 4.78 is 11.6. The second-order valence-corrected chi connectivity index (χ2v) is 10.3. The quantitative estimate of drug-likeness (QED) is 0.630. The molecule has 3 heterocycles. The van der Waals surface area contributed by atoms with Crippen LogP contribution in [0.1, 0.15) is 32.1 Å². The van der Waals surface area contributed by atoms with E-state index in [0.717, 1.165) is 45.3 Å². The highest BCUT2D eigenvalue weighted by molar-refractivity contribution is 6.30. The first-order valence-corrected chi connectivity index (χ1v) is 12.5. The van der Waals surface area contributed by atoms with Gasteiger partial charge in [0.25, 0.3) is 0 Å². The van der Waals surface area contributed by atoms with Crippen molar-refractivity contribution >= 4 is 23.4 Å². The van der Waals surface area contributed by atoms with E-state index >= 15 is 0 Å². The van der Waals surface area contributed by atoms with Gasteiger partial charge in [0.05, 0.1) is 19.8 Å². The topological polar surface area (TPSA) is 62.3 Å². The van der Waals surface area contributed by atoms with Gasteiger partial charge in [0.2, 0.25) is 11.8 Å². The number of likely N-dealkylation sites (tertiary alicyclic amines) is 2. The Morgan fingerprint density at radius 3 is 2.61 bits per heavy atom. The Bertz CT molecular complexity index is 824. The van der Waals surface area contributed by atoms with Crippen molar-refractivity contribution in [1.82, 2.24) is 14.7 Å². The van der Waals surface area contributed by atoms with E-state index in [1.54, 1.807) is 6.07 Å². The van der Waals surface area contributed by atoms with Crippen LogP contribution in [0.2, 0.25) is 5.02 Å². The summed E-state index contributed by atoms with van der Waals surface area (Å²) in [4.78, 5) is 32.8. The fourth-order valence-corrected chi connectivity index (χ4v) is 5.44. The number of piperidine rings is 2. The number of ether oxygens (including phenoxy) is 2. The number of nitrogens with zero attached hydrogens (tertiary/aromatic N) is 3. The van der Waals surface area contributed by atoms with Crippen LogP contribution in [0, 0.1) is 11.3 Å². The van der Waals surface area contributed by atoms with Crippen molar-refractivity contribution < 1.29 is 19.1 Å². The molecule has 2 amide bonds. The number of carbonyl (C=O) groups excluding carboxylic acids is 2. The van der Waals surface area contributed by atoms with E-state index in [1.807, 2.05) is 28.0 Å². The van der Waals surface area contributed by atoms with Crippen molar-refractivity contribution in [1.29, 1.82) is 0 Å². The summed E-state index contributed by atoms with van der Waals surface area (Å²) in [6.07, 6.45) is 3.94. The van der Waals surface area contributed by atoms with Gasteiger partial charge in [-0.15, -0.1) is 0 Å². The van der Waals surface area contributed by atoms with Crippen molar-refractivity contribution in [3.8, 4) is 5.75 Å². The van der Waals surface area contributed by atoms with Gasteiger partial charge in [-0.3, -0.25) is 9.59 Å². The van der Waals surface area contributed by atoms with Crippen LogP contribution in [0.4, 0.5) is 0 Å². The molecular weight excluding hydrogens is 442 g/mol. The van der Waals surface area contributed by atoms with Crippen molar-refractivity contribution in [2.24, 2.45) is 11.3 Å². The molecule has 0 N–H and O–H groups in total. The number of hydrogen-bond donors (Lipinski definition) is 0. The molecule has 33 heavy (non-hydrogen) atoms. The Labute approximate surface area is 201 Å². The van der Waals surface area contributed by atoms with Gasteiger partial charge in [0, 0.05) is 49.0 Å². The van der Waals surface area contributed by atoms with E-state index in [1.165, 1.54) is 0 Å². The lowest BCUT2D eigenvalue weighted by atomic mass is 9.76. The maximum Gasteiger partial charge on any atom is 0.225 e. The highest BCUT2D eigenvalue weighted by Crippen LogP contribution is 2.37. The lowest BCUT2D eigenvalue weighted by Gasteiger charge is -2.44. The van der Waals surface area contributed by atoms with E-state index in [2.05, 4.69) is 11.9 Å². The second kappa shape index (κ2) is 11.1. The van der Waals surface area contributed by atoms with Crippen LogP contribution in [0.5, 0.6) is 5.75 Å². The molecule has 182 valence electrons. The molecule has 0 unspecified atom stereocenters. The molecule has 0 radical (unpaired) electrons. The Hall–Kier alpha value is -1.83. The van der Waals surface area contributed by atoms with E-state index in [4.69, 9.17) is 21.1 Å². The summed E-state index contributed by atoms with van der Waals surface area (Å²) in [5, 5.41) is 0.619. The van der Waals surface area contributed by atoms with Crippen LogP contribution in [0.3, 0.4) is 0 Å². The van der Waals surface area contributed by atoms with E-state index in [-0.39, 0.29) is 17.7 Å². The average Bonchev–Trinajstić information content (AvgIpc) is 2.84. The van der Waals surface area contributed by atoms with Gasteiger partial charge in [0.1, 0.15) is 5.75 Å². The van der Waals surface area contributed by atoms with E-state index in [0.29, 0.717) is 56.6 Å². The van der Waals surface area contributed by atoms with Crippen LogP contribution in [0.15, 0.2) is 24.3 Å². The fourth-order valence-electron chi connectivity index (χ4n) is 5.26. The summed E-state index contributed by atoms with van der Waals surface area (Å²) in [5.74, 6) is 1.15. The van der Waals surface area contributed by atoms with Gasteiger partial charge in [0.15, 0.2) is 0 Å². The summed E-state index contributed by atoms with van der Waals surface area (Å²) >= 11 is 6.14. The van der Waals surface area contributed by atoms with Crippen LogP contribution in [0.25, 0.3) is 0 Å². The predicted molar refractivity (Wildman–Crippen MR) is 127 cm³/mol. The first-order valence-electron chi connectivity index (χ1n) is 12.2. The monoisotopic (exact) mass is 477 g/mol. The third-order valence-electron chi connectivity index (χ3n) is 7.27. The molecule has 1 aromatic rings. The van der Waals surface area contributed by atoms with Crippen LogP contribution in [-0.2, 0) is 14.3 Å². The summed E-state index contributed by atoms with van der Waals surface area (Å²) in [5.41, 5.74) is -0.406. The molecule has 3 aliphatic rings. The predicted octanol–water partition coefficient (Wildman–Crippen LogP) is 2.92. The zero-order chi connectivity index (χ0) is 23.3. The van der Waals surface area contributed by atoms with Gasteiger partial charge in [-0.2, -0.15) is 0 Å². The third-order valence-corrected chi connectivity index (χ3v) is 7.51. The minimum Gasteiger partial charge on any atom is -0.493 e. The Morgan fingerprint density at radius 2 is 1.88 bits per heavy atom. The minimum atomic E-state index is -0.406. The van der Waals surface area contributed by atoms with Crippen LogP contribution in [-0.4, -0.2) is 92.7 Å². The Balaban J connectivity index is 1.48. The molecular formula is C25H36ClN3O4. The second-order valence-electron chi connectivity index (χ2n) is 9.86. The number of morpholine rings is 1. The summed E-state index contributed by atoms with van der Waals surface area (Å²) in [7, 11) is 2.11. The summed E-state index contributed by atoms with van der Waals surface area (Å²) in [6, 6.07) is 7.35. The molecule has 0 saturated carbocycles. The number of carbonyl (C=O) groups is 2. The number of amides is 2. The molecule has 0 aliphatic carbocycles. The molecule has 0 aromatic heterocycles. The minimum absolute atomic E-state index is 0.0841. The van der Waals surface area contributed by atoms with Gasteiger partial charge in [-0.25, -0.2) is 0 Å². The molecule has 8 heteroatoms. The first-order chi connectivity index (χ1) is 15.9. The van der Waals surface area contributed by atoms with Crippen molar-refractivity contribution in [3.05, 3.63) is 29.3 Å². The molecule has 0 spiro atoms. The largest absolute Gasteiger partial charge is 0.493 e. The number of benzene rings is 1. The highest BCUT2D eigenvalue weighted by atomic mass is 35.5. The van der Waals surface area contributed by atoms with Crippen LogP contribution >= 0.6 is 11.6 Å². The molecule has 1 atom stereocenters. The Kier molecular flexibility index (Phi) is 8.15. The number of hydrogen-bond acceptors (Lipinski definition) is 5. The summed E-state index contributed by atoms with van der Waals surface area (Å²) in [6.45, 7) is 6.05. The maximum atomic E-state index is 13.4. The Morgan fingerprint density at radius 1 is 1.12 bits per heavy atom. The lowest BCUT2D eigenvalue weighted by Crippen LogP contribution is -2.53. The number of rotatable bonds is 6. The van der Waals surface area contributed by atoms with Crippen LogP contribution < -0.4 is 4.74 Å². The molecule has 0 bridgehead atoms. The van der Waals surface area contributed by atoms with Gasteiger partial charge >= 0.3 is 0 Å². The molecule has 1 aromatic carbocycles.